The highest BCUT2D eigenvalue weighted by Gasteiger charge is 2.14. The minimum Gasteiger partial charge on any atom is -0.379 e. The molecule has 8 heteroatoms. The first kappa shape index (κ1) is 26.6. The van der Waals surface area contributed by atoms with Crippen LogP contribution in [0.25, 0.3) is 0 Å². The van der Waals surface area contributed by atoms with E-state index in [4.69, 9.17) is 14.2 Å². The minimum atomic E-state index is -0.0421. The summed E-state index contributed by atoms with van der Waals surface area (Å²) in [4.78, 5) is 11.5. The topological polar surface area (TPSA) is 68.8 Å². The van der Waals surface area contributed by atoms with Crippen LogP contribution in [0.4, 0.5) is 0 Å². The van der Waals surface area contributed by atoms with Crippen LogP contribution in [0.3, 0.4) is 0 Å². The molecular formula is C19H36N2O4S2. The van der Waals surface area contributed by atoms with Gasteiger partial charge in [-0.3, -0.25) is 4.79 Å². The van der Waals surface area contributed by atoms with Crippen molar-refractivity contribution in [1.82, 2.24) is 10.6 Å². The summed E-state index contributed by atoms with van der Waals surface area (Å²) in [7, 11) is 5.57. The van der Waals surface area contributed by atoms with Gasteiger partial charge < -0.3 is 24.8 Å². The Hall–Kier alpha value is -0.430. The van der Waals surface area contributed by atoms with E-state index in [0.29, 0.717) is 51.9 Å². The first-order valence-corrected chi connectivity index (χ1v) is 11.9. The van der Waals surface area contributed by atoms with Gasteiger partial charge in [-0.1, -0.05) is 48.3 Å². The number of hydrogen-bond donors (Lipinski definition) is 2. The maximum absolute atomic E-state index is 11.5. The molecule has 0 fully saturated rings. The Kier molecular flexibility index (Phi) is 20.0. The van der Waals surface area contributed by atoms with Crippen LogP contribution in [0.5, 0.6) is 0 Å². The van der Waals surface area contributed by atoms with E-state index in [-0.39, 0.29) is 11.3 Å². The molecule has 0 aromatic carbocycles. The van der Waals surface area contributed by atoms with Crippen LogP contribution < -0.4 is 10.6 Å². The molecule has 1 atom stereocenters. The zero-order valence-electron chi connectivity index (χ0n) is 17.2. The van der Waals surface area contributed by atoms with E-state index >= 15 is 0 Å². The molecule has 0 bridgehead atoms. The standard InChI is InChI=1S/C19H36N2O4S2/c1-5-6-7-9-21-18(22)8-11-23-12-13-24-14-15-25-19(17(2)3)27-26-16-10-20-4/h17,19-20H,5,8-16H2,1-4H3,(H,21,22). The third-order valence-corrected chi connectivity index (χ3v) is 6.03. The lowest BCUT2D eigenvalue weighted by Gasteiger charge is -2.20. The van der Waals surface area contributed by atoms with Gasteiger partial charge in [0.2, 0.25) is 5.91 Å². The molecule has 0 heterocycles. The van der Waals surface area contributed by atoms with Crippen molar-refractivity contribution in [3.05, 3.63) is 0 Å². The molecule has 0 rings (SSSR count). The van der Waals surface area contributed by atoms with Gasteiger partial charge in [0.1, 0.15) is 5.44 Å². The summed E-state index contributed by atoms with van der Waals surface area (Å²) in [6.07, 6.45) is 1.14. The Morgan fingerprint density at radius 2 is 1.78 bits per heavy atom. The summed E-state index contributed by atoms with van der Waals surface area (Å²) in [6, 6.07) is 0. The van der Waals surface area contributed by atoms with E-state index in [2.05, 4.69) is 36.3 Å². The van der Waals surface area contributed by atoms with Gasteiger partial charge in [-0.2, -0.15) is 0 Å². The van der Waals surface area contributed by atoms with E-state index in [9.17, 15) is 4.79 Å². The van der Waals surface area contributed by atoms with Crippen LogP contribution in [0.1, 0.15) is 33.6 Å². The van der Waals surface area contributed by atoms with Gasteiger partial charge >= 0.3 is 0 Å². The molecule has 0 radical (unpaired) electrons. The van der Waals surface area contributed by atoms with Crippen molar-refractivity contribution < 1.29 is 19.0 Å². The number of nitrogens with one attached hydrogen (secondary N) is 2. The molecule has 0 aromatic heterocycles. The molecule has 1 amide bonds. The van der Waals surface area contributed by atoms with Crippen molar-refractivity contribution in [1.29, 1.82) is 0 Å². The highest BCUT2D eigenvalue weighted by Crippen LogP contribution is 2.31. The summed E-state index contributed by atoms with van der Waals surface area (Å²) in [5, 5.41) is 5.87. The molecule has 27 heavy (non-hydrogen) atoms. The highest BCUT2D eigenvalue weighted by molar-refractivity contribution is 8.76. The van der Waals surface area contributed by atoms with Gasteiger partial charge in [0.25, 0.3) is 0 Å². The number of ether oxygens (including phenoxy) is 3. The Balaban J connectivity index is 3.50. The van der Waals surface area contributed by atoms with Crippen LogP contribution in [-0.2, 0) is 19.0 Å². The third kappa shape index (κ3) is 18.7. The quantitative estimate of drug-likeness (QED) is 0.162. The lowest BCUT2D eigenvalue weighted by Crippen LogP contribution is -2.25. The van der Waals surface area contributed by atoms with Crippen molar-refractivity contribution in [2.75, 3.05) is 58.9 Å². The second kappa shape index (κ2) is 20.3. The summed E-state index contributed by atoms with van der Waals surface area (Å²) in [5.41, 5.74) is 0.173. The van der Waals surface area contributed by atoms with E-state index < -0.39 is 0 Å². The molecule has 0 saturated carbocycles. The summed E-state index contributed by atoms with van der Waals surface area (Å²) < 4.78 is 16.8. The van der Waals surface area contributed by atoms with Crippen LogP contribution >= 0.6 is 21.6 Å². The predicted molar refractivity (Wildman–Crippen MR) is 116 cm³/mol. The number of rotatable bonds is 17. The SMILES string of the molecule is CCC#CCNC(=O)CCOCCOCCOC(SSCCNC)C(C)C. The normalized spacial score (nSPS) is 11.9. The number of amides is 1. The summed E-state index contributed by atoms with van der Waals surface area (Å²) in [6.45, 7) is 10.2. The summed E-state index contributed by atoms with van der Waals surface area (Å²) in [5.74, 6) is 7.25. The number of carbonyl (C=O) groups is 1. The lowest BCUT2D eigenvalue weighted by atomic mass is 10.2. The van der Waals surface area contributed by atoms with Crippen LogP contribution in [0.2, 0.25) is 0 Å². The lowest BCUT2D eigenvalue weighted by molar-refractivity contribution is -0.122. The third-order valence-electron chi connectivity index (χ3n) is 3.17. The van der Waals surface area contributed by atoms with Crippen molar-refractivity contribution in [2.45, 2.75) is 39.0 Å². The van der Waals surface area contributed by atoms with Gasteiger partial charge in [-0.25, -0.2) is 0 Å². The first-order valence-electron chi connectivity index (χ1n) is 9.54. The molecule has 0 aromatic rings. The van der Waals surface area contributed by atoms with E-state index in [1.165, 1.54) is 0 Å². The average Bonchev–Trinajstić information content (AvgIpc) is 2.65. The Morgan fingerprint density at radius 3 is 2.44 bits per heavy atom. The maximum Gasteiger partial charge on any atom is 0.223 e. The van der Waals surface area contributed by atoms with E-state index in [1.807, 2.05) is 24.8 Å². The molecule has 0 aliphatic heterocycles. The Bertz CT molecular complexity index is 414. The number of hydrogen-bond acceptors (Lipinski definition) is 7. The van der Waals surface area contributed by atoms with Crippen molar-refractivity contribution in [3.8, 4) is 11.8 Å². The highest BCUT2D eigenvalue weighted by atomic mass is 33.1. The van der Waals surface area contributed by atoms with Crippen molar-refractivity contribution in [3.63, 3.8) is 0 Å². The van der Waals surface area contributed by atoms with Gasteiger partial charge in [0.05, 0.1) is 39.6 Å². The number of carbonyl (C=O) groups excluding carboxylic acids is 1. The fraction of sp³-hybridized carbons (Fsp3) is 0.842. The van der Waals surface area contributed by atoms with Gasteiger partial charge in [0.15, 0.2) is 0 Å². The molecule has 0 saturated heterocycles. The average molecular weight is 421 g/mol. The van der Waals surface area contributed by atoms with Gasteiger partial charge in [-0.15, -0.1) is 5.92 Å². The zero-order valence-corrected chi connectivity index (χ0v) is 18.8. The molecular weight excluding hydrogens is 384 g/mol. The fourth-order valence-corrected chi connectivity index (χ4v) is 4.39. The largest absolute Gasteiger partial charge is 0.379 e. The first-order chi connectivity index (χ1) is 13.1. The zero-order chi connectivity index (χ0) is 20.2. The fourth-order valence-electron chi connectivity index (χ4n) is 1.72. The second-order valence-electron chi connectivity index (χ2n) is 5.96. The van der Waals surface area contributed by atoms with E-state index in [1.54, 1.807) is 10.8 Å². The molecule has 158 valence electrons. The van der Waals surface area contributed by atoms with Crippen LogP contribution in [0, 0.1) is 17.8 Å². The van der Waals surface area contributed by atoms with Gasteiger partial charge in [0, 0.05) is 25.1 Å². The van der Waals surface area contributed by atoms with Crippen LogP contribution in [-0.4, -0.2) is 70.3 Å². The monoisotopic (exact) mass is 420 g/mol. The summed E-state index contributed by atoms with van der Waals surface area (Å²) >= 11 is 0. The van der Waals surface area contributed by atoms with E-state index in [0.717, 1.165) is 18.7 Å². The minimum absolute atomic E-state index is 0.0421. The van der Waals surface area contributed by atoms with Gasteiger partial charge in [-0.05, 0) is 13.0 Å². The van der Waals surface area contributed by atoms with Crippen molar-refractivity contribution in [2.24, 2.45) is 5.92 Å². The second-order valence-corrected chi connectivity index (χ2v) is 8.55. The van der Waals surface area contributed by atoms with Crippen LogP contribution in [0.15, 0.2) is 0 Å². The maximum atomic E-state index is 11.5. The molecule has 0 aliphatic carbocycles. The van der Waals surface area contributed by atoms with Crippen molar-refractivity contribution >= 4 is 27.5 Å². The molecule has 1 unspecified atom stereocenters. The molecule has 0 spiro atoms. The smallest absolute Gasteiger partial charge is 0.223 e. The Labute approximate surface area is 173 Å². The predicted octanol–water partition coefficient (Wildman–Crippen LogP) is 2.54. The molecule has 0 aliphatic rings. The Morgan fingerprint density at radius 1 is 1.07 bits per heavy atom. The molecule has 2 N–H and O–H groups in total. The molecule has 6 nitrogen and oxygen atoms in total.